The summed E-state index contributed by atoms with van der Waals surface area (Å²) in [5.41, 5.74) is 1.92. The molecule has 1 aromatic carbocycles. The Morgan fingerprint density at radius 1 is 1.16 bits per heavy atom. The normalized spacial score (nSPS) is 24.2. The van der Waals surface area contributed by atoms with Gasteiger partial charge in [0.15, 0.2) is 5.82 Å². The number of imidazole rings is 1. The molecule has 2 fully saturated rings. The summed E-state index contributed by atoms with van der Waals surface area (Å²) in [4.78, 5) is 21.0. The Kier molecular flexibility index (Phi) is 3.33. The number of pyridine rings is 1. The second-order valence-electron chi connectivity index (χ2n) is 7.34. The molecule has 2 unspecified atom stereocenters. The second-order valence-corrected chi connectivity index (χ2v) is 7.34. The molecule has 0 radical (unpaired) electrons. The highest BCUT2D eigenvalue weighted by molar-refractivity contribution is 5.92. The molecule has 5 heteroatoms. The summed E-state index contributed by atoms with van der Waals surface area (Å²) < 4.78 is 2.17. The quantitative estimate of drug-likeness (QED) is 0.794. The Bertz CT molecular complexity index is 938. The van der Waals surface area contributed by atoms with E-state index in [4.69, 9.17) is 0 Å². The van der Waals surface area contributed by atoms with Crippen LogP contribution in [0.4, 0.5) is 5.82 Å². The number of fused-ring (bicyclic) bond motifs is 2. The highest BCUT2D eigenvalue weighted by Crippen LogP contribution is 2.55. The van der Waals surface area contributed by atoms with Crippen LogP contribution < -0.4 is 5.32 Å². The van der Waals surface area contributed by atoms with Crippen molar-refractivity contribution >= 4 is 22.6 Å². The lowest BCUT2D eigenvalue weighted by molar-refractivity contribution is -0.115. The first-order valence-corrected chi connectivity index (χ1v) is 8.91. The van der Waals surface area contributed by atoms with Crippen LogP contribution in [0, 0.1) is 11.8 Å². The zero-order chi connectivity index (χ0) is 16.8. The molecule has 0 saturated heterocycles. The Balaban J connectivity index is 1.24. The number of nitrogens with one attached hydrogen (secondary N) is 1. The van der Waals surface area contributed by atoms with Crippen molar-refractivity contribution in [2.75, 3.05) is 5.32 Å². The number of aromatic nitrogens is 3. The van der Waals surface area contributed by atoms with Crippen molar-refractivity contribution in [2.45, 2.75) is 31.7 Å². The number of hydrogen-bond acceptors (Lipinski definition) is 3. The fraction of sp³-hybridized carbons (Fsp3) is 0.350. The fourth-order valence-electron chi connectivity index (χ4n) is 4.13. The van der Waals surface area contributed by atoms with E-state index < -0.39 is 0 Å². The Hall–Kier alpha value is -2.69. The molecule has 3 aromatic rings. The van der Waals surface area contributed by atoms with Crippen molar-refractivity contribution < 1.29 is 4.79 Å². The van der Waals surface area contributed by atoms with E-state index in [9.17, 15) is 4.79 Å². The zero-order valence-electron chi connectivity index (χ0n) is 13.9. The molecule has 2 aliphatic rings. The third-order valence-electron chi connectivity index (χ3n) is 5.54. The van der Waals surface area contributed by atoms with Crippen LogP contribution in [-0.2, 0) is 11.2 Å². The zero-order valence-corrected chi connectivity index (χ0v) is 13.9. The summed E-state index contributed by atoms with van der Waals surface area (Å²) in [7, 11) is 0. The van der Waals surface area contributed by atoms with E-state index in [1.165, 1.54) is 19.3 Å². The standard InChI is InChI=1S/C20H20N4O/c25-20(7-13-3-4-18-14(6-13)2-1-5-21-18)23-19-11-24(12-22-19)17-9-15-8-16(15)10-17/h1-6,11-12,15-17H,7-10H2,(H,23,25). The maximum atomic E-state index is 12.3. The first-order chi connectivity index (χ1) is 12.2. The van der Waals surface area contributed by atoms with E-state index in [0.717, 1.165) is 28.3 Å². The van der Waals surface area contributed by atoms with Gasteiger partial charge < -0.3 is 9.88 Å². The number of hydrogen-bond donors (Lipinski definition) is 1. The number of nitrogens with zero attached hydrogens (tertiary/aromatic N) is 3. The number of amides is 1. The van der Waals surface area contributed by atoms with Gasteiger partial charge in [0.05, 0.1) is 18.3 Å². The smallest absolute Gasteiger partial charge is 0.229 e. The first-order valence-electron chi connectivity index (χ1n) is 8.91. The van der Waals surface area contributed by atoms with Crippen LogP contribution in [0.15, 0.2) is 49.1 Å². The van der Waals surface area contributed by atoms with Crippen LogP contribution in [0.3, 0.4) is 0 Å². The van der Waals surface area contributed by atoms with E-state index in [2.05, 4.69) is 19.9 Å². The third kappa shape index (κ3) is 2.90. The minimum absolute atomic E-state index is 0.0391. The van der Waals surface area contributed by atoms with E-state index >= 15 is 0 Å². The van der Waals surface area contributed by atoms with Crippen molar-refractivity contribution in [1.82, 2.24) is 14.5 Å². The lowest BCUT2D eigenvalue weighted by Crippen LogP contribution is -2.14. The Morgan fingerprint density at radius 3 is 2.92 bits per heavy atom. The Morgan fingerprint density at radius 2 is 2.04 bits per heavy atom. The summed E-state index contributed by atoms with van der Waals surface area (Å²) in [6.45, 7) is 0. The highest BCUT2D eigenvalue weighted by atomic mass is 16.1. The highest BCUT2D eigenvalue weighted by Gasteiger charge is 2.46. The average molecular weight is 332 g/mol. The summed E-state index contributed by atoms with van der Waals surface area (Å²) in [6, 6.07) is 10.4. The topological polar surface area (TPSA) is 59.8 Å². The van der Waals surface area contributed by atoms with Crippen LogP contribution in [-0.4, -0.2) is 20.4 Å². The number of benzene rings is 1. The van der Waals surface area contributed by atoms with Crippen LogP contribution in [0.1, 0.15) is 30.9 Å². The van der Waals surface area contributed by atoms with Crippen LogP contribution in [0.25, 0.3) is 10.9 Å². The lowest BCUT2D eigenvalue weighted by atomic mass is 10.1. The summed E-state index contributed by atoms with van der Waals surface area (Å²) in [5.74, 6) is 2.48. The van der Waals surface area contributed by atoms with Gasteiger partial charge in [-0.2, -0.15) is 0 Å². The van der Waals surface area contributed by atoms with Crippen molar-refractivity contribution in [2.24, 2.45) is 11.8 Å². The largest absolute Gasteiger partial charge is 0.332 e. The van der Waals surface area contributed by atoms with Gasteiger partial charge in [0.2, 0.25) is 5.91 Å². The SMILES string of the molecule is O=C(Cc1ccc2ncccc2c1)Nc1cn(C2CC3CC3C2)cn1. The molecule has 2 heterocycles. The van der Waals surface area contributed by atoms with Gasteiger partial charge in [-0.1, -0.05) is 12.1 Å². The molecule has 2 aliphatic carbocycles. The molecule has 1 amide bonds. The predicted octanol–water partition coefficient (Wildman–Crippen LogP) is 3.58. The Labute approximate surface area is 146 Å². The maximum Gasteiger partial charge on any atom is 0.229 e. The van der Waals surface area contributed by atoms with Crippen molar-refractivity contribution in [3.8, 4) is 0 Å². The maximum absolute atomic E-state index is 12.3. The molecule has 0 bridgehead atoms. The molecular formula is C20H20N4O. The predicted molar refractivity (Wildman–Crippen MR) is 96.2 cm³/mol. The molecule has 5 nitrogen and oxygen atoms in total. The summed E-state index contributed by atoms with van der Waals surface area (Å²) in [6.07, 6.45) is 9.88. The van der Waals surface area contributed by atoms with Crippen molar-refractivity contribution in [1.29, 1.82) is 0 Å². The van der Waals surface area contributed by atoms with Gasteiger partial charge in [0, 0.05) is 23.8 Å². The lowest BCUT2D eigenvalue weighted by Gasteiger charge is -2.12. The number of carbonyl (C=O) groups is 1. The molecule has 0 aliphatic heterocycles. The molecule has 0 spiro atoms. The van der Waals surface area contributed by atoms with E-state index in [-0.39, 0.29) is 5.91 Å². The van der Waals surface area contributed by atoms with E-state index in [0.29, 0.717) is 18.3 Å². The van der Waals surface area contributed by atoms with Gasteiger partial charge in [-0.15, -0.1) is 0 Å². The minimum atomic E-state index is -0.0391. The molecule has 25 heavy (non-hydrogen) atoms. The monoisotopic (exact) mass is 332 g/mol. The summed E-state index contributed by atoms with van der Waals surface area (Å²) >= 11 is 0. The number of anilines is 1. The third-order valence-corrected chi connectivity index (χ3v) is 5.54. The average Bonchev–Trinajstić information content (AvgIpc) is 3.02. The molecule has 5 rings (SSSR count). The van der Waals surface area contributed by atoms with Crippen LogP contribution >= 0.6 is 0 Å². The van der Waals surface area contributed by atoms with E-state index in [1.54, 1.807) is 6.20 Å². The van der Waals surface area contributed by atoms with Gasteiger partial charge in [0.1, 0.15) is 0 Å². The summed E-state index contributed by atoms with van der Waals surface area (Å²) in [5, 5.41) is 3.97. The van der Waals surface area contributed by atoms with Crippen molar-refractivity contribution in [3.05, 3.63) is 54.6 Å². The molecule has 2 saturated carbocycles. The van der Waals surface area contributed by atoms with Gasteiger partial charge in [-0.3, -0.25) is 9.78 Å². The van der Waals surface area contributed by atoms with Gasteiger partial charge in [-0.05, 0) is 54.9 Å². The molecule has 2 atom stereocenters. The molecule has 1 N–H and O–H groups in total. The second kappa shape index (κ2) is 5.69. The first kappa shape index (κ1) is 14.6. The van der Waals surface area contributed by atoms with Crippen LogP contribution in [0.2, 0.25) is 0 Å². The van der Waals surface area contributed by atoms with Crippen molar-refractivity contribution in [3.63, 3.8) is 0 Å². The molecule has 126 valence electrons. The molecular weight excluding hydrogens is 312 g/mol. The number of carbonyl (C=O) groups excluding carboxylic acids is 1. The van der Waals surface area contributed by atoms with Gasteiger partial charge >= 0.3 is 0 Å². The minimum Gasteiger partial charge on any atom is -0.332 e. The van der Waals surface area contributed by atoms with Crippen LogP contribution in [0.5, 0.6) is 0 Å². The number of rotatable bonds is 4. The van der Waals surface area contributed by atoms with Gasteiger partial charge in [-0.25, -0.2) is 4.98 Å². The van der Waals surface area contributed by atoms with Gasteiger partial charge in [0.25, 0.3) is 0 Å². The van der Waals surface area contributed by atoms with E-state index in [1.807, 2.05) is 42.9 Å². The fourth-order valence-corrected chi connectivity index (χ4v) is 4.13. The molecule has 2 aromatic heterocycles.